The smallest absolute Gasteiger partial charge is 0.268 e. The number of para-hydroxylation sites is 1. The van der Waals surface area contributed by atoms with Crippen LogP contribution in [0.25, 0.3) is 10.9 Å². The molecule has 2 heterocycles. The predicted octanol–water partition coefficient (Wildman–Crippen LogP) is 6.46. The lowest BCUT2D eigenvalue weighted by Crippen LogP contribution is -2.34. The number of rotatable bonds is 12. The van der Waals surface area contributed by atoms with Crippen LogP contribution in [-0.2, 0) is 23.1 Å². The Hall–Kier alpha value is -3.07. The Kier molecular flexibility index (Phi) is 9.29. The highest BCUT2D eigenvalue weighted by molar-refractivity contribution is 7.90. The summed E-state index contributed by atoms with van der Waals surface area (Å²) in [6.45, 7) is 2.89. The van der Waals surface area contributed by atoms with E-state index in [9.17, 15) is 12.8 Å². The van der Waals surface area contributed by atoms with Crippen LogP contribution in [0.5, 0.6) is 0 Å². The number of hydrogen-bond acceptors (Lipinski definition) is 5. The third-order valence-electron chi connectivity index (χ3n) is 8.05. The van der Waals surface area contributed by atoms with Gasteiger partial charge in [0.15, 0.2) is 0 Å². The molecule has 0 spiro atoms. The van der Waals surface area contributed by atoms with E-state index in [0.717, 1.165) is 36.9 Å². The lowest BCUT2D eigenvalue weighted by molar-refractivity contribution is 0.182. The number of benzene rings is 2. The molecule has 5 rings (SSSR count). The van der Waals surface area contributed by atoms with Crippen LogP contribution < -0.4 is 0 Å². The van der Waals surface area contributed by atoms with Gasteiger partial charge in [-0.05, 0) is 81.7 Å². The van der Waals surface area contributed by atoms with Gasteiger partial charge in [0.25, 0.3) is 10.0 Å². The van der Waals surface area contributed by atoms with Crippen LogP contribution in [-0.4, -0.2) is 53.4 Å². The van der Waals surface area contributed by atoms with Gasteiger partial charge in [-0.15, -0.1) is 0 Å². The molecule has 8 heteroatoms. The quantitative estimate of drug-likeness (QED) is 0.147. The van der Waals surface area contributed by atoms with Crippen molar-refractivity contribution in [1.29, 1.82) is 0 Å². The van der Waals surface area contributed by atoms with Gasteiger partial charge in [0.1, 0.15) is 0 Å². The molecule has 0 atom stereocenters. The van der Waals surface area contributed by atoms with Gasteiger partial charge < -0.3 is 4.90 Å². The van der Waals surface area contributed by atoms with E-state index in [2.05, 4.69) is 21.8 Å². The van der Waals surface area contributed by atoms with E-state index in [1.807, 2.05) is 36.4 Å². The van der Waals surface area contributed by atoms with E-state index in [1.54, 1.807) is 36.5 Å². The second-order valence-electron chi connectivity index (χ2n) is 10.9. The van der Waals surface area contributed by atoms with E-state index >= 15 is 0 Å². The van der Waals surface area contributed by atoms with E-state index in [1.165, 1.54) is 42.1 Å². The maximum atomic E-state index is 13.9. The van der Waals surface area contributed by atoms with Crippen LogP contribution in [0.15, 0.2) is 83.9 Å². The average molecular weight is 563 g/mol. The van der Waals surface area contributed by atoms with Crippen molar-refractivity contribution in [2.45, 2.75) is 69.0 Å². The van der Waals surface area contributed by atoms with Gasteiger partial charge in [-0.1, -0.05) is 61.7 Å². The summed E-state index contributed by atoms with van der Waals surface area (Å²) >= 11 is 0. The van der Waals surface area contributed by atoms with Crippen molar-refractivity contribution >= 4 is 20.9 Å². The summed E-state index contributed by atoms with van der Waals surface area (Å²) in [4.78, 5) is 9.12. The molecule has 40 heavy (non-hydrogen) atoms. The van der Waals surface area contributed by atoms with Crippen LogP contribution in [0.2, 0.25) is 0 Å². The van der Waals surface area contributed by atoms with E-state index in [-0.39, 0.29) is 4.90 Å². The first-order valence-electron chi connectivity index (χ1n) is 14.4. The van der Waals surface area contributed by atoms with E-state index in [0.29, 0.717) is 30.3 Å². The topological polar surface area (TPSA) is 58.4 Å². The first-order valence-corrected chi connectivity index (χ1v) is 15.8. The van der Waals surface area contributed by atoms with Crippen molar-refractivity contribution in [3.05, 3.63) is 96.2 Å². The minimum absolute atomic E-state index is 0.255. The largest absolute Gasteiger partial charge is 0.303 e. The zero-order valence-corrected chi connectivity index (χ0v) is 24.1. The Morgan fingerprint density at radius 1 is 0.875 bits per heavy atom. The molecular formula is C32H39FN4O2S. The molecule has 0 unspecified atom stereocenters. The maximum Gasteiger partial charge on any atom is 0.268 e. The SMILES string of the molecule is CN(CCCCN(Cc1cccc(F)n1)Cc1cn(S(=O)(=O)c2ccccc2)c2ccccc12)C1CCCCC1. The Bertz CT molecular complexity index is 1500. The summed E-state index contributed by atoms with van der Waals surface area (Å²) < 4.78 is 42.5. The summed E-state index contributed by atoms with van der Waals surface area (Å²) in [7, 11) is -1.51. The van der Waals surface area contributed by atoms with Crippen molar-refractivity contribution in [2.24, 2.45) is 0 Å². The monoisotopic (exact) mass is 562 g/mol. The molecule has 0 saturated heterocycles. The van der Waals surface area contributed by atoms with Gasteiger partial charge >= 0.3 is 0 Å². The van der Waals surface area contributed by atoms with Crippen LogP contribution in [0.1, 0.15) is 56.2 Å². The van der Waals surface area contributed by atoms with Gasteiger partial charge in [-0.2, -0.15) is 4.39 Å². The highest BCUT2D eigenvalue weighted by Gasteiger charge is 2.22. The first kappa shape index (κ1) is 28.5. The number of aromatic nitrogens is 2. The summed E-state index contributed by atoms with van der Waals surface area (Å²) in [6, 6.07) is 21.7. The highest BCUT2D eigenvalue weighted by Crippen LogP contribution is 2.28. The molecule has 1 aliphatic rings. The summed E-state index contributed by atoms with van der Waals surface area (Å²) in [5.41, 5.74) is 2.24. The first-order chi connectivity index (χ1) is 19.4. The molecule has 4 aromatic rings. The number of fused-ring (bicyclic) bond motifs is 1. The Morgan fingerprint density at radius 3 is 2.38 bits per heavy atom. The summed E-state index contributed by atoms with van der Waals surface area (Å²) in [6.07, 6.45) is 10.4. The predicted molar refractivity (Wildman–Crippen MR) is 158 cm³/mol. The van der Waals surface area contributed by atoms with Gasteiger partial charge in [0.05, 0.1) is 16.1 Å². The zero-order chi connectivity index (χ0) is 28.0. The fourth-order valence-electron chi connectivity index (χ4n) is 5.87. The minimum atomic E-state index is -3.76. The van der Waals surface area contributed by atoms with Gasteiger partial charge in [-0.3, -0.25) is 4.90 Å². The van der Waals surface area contributed by atoms with Gasteiger partial charge in [0, 0.05) is 30.7 Å². The average Bonchev–Trinajstić information content (AvgIpc) is 3.35. The fourth-order valence-corrected chi connectivity index (χ4v) is 7.28. The fraction of sp³-hybridized carbons (Fsp3) is 0.406. The molecule has 0 aliphatic heterocycles. The molecule has 1 saturated carbocycles. The lowest BCUT2D eigenvalue weighted by Gasteiger charge is -2.31. The van der Waals surface area contributed by atoms with Gasteiger partial charge in [0.2, 0.25) is 5.95 Å². The van der Waals surface area contributed by atoms with Crippen molar-refractivity contribution in [3.63, 3.8) is 0 Å². The summed E-state index contributed by atoms with van der Waals surface area (Å²) in [5, 5.41) is 0.899. The highest BCUT2D eigenvalue weighted by atomic mass is 32.2. The molecule has 2 aromatic heterocycles. The lowest BCUT2D eigenvalue weighted by atomic mass is 9.94. The molecule has 0 radical (unpaired) electrons. The van der Waals surface area contributed by atoms with Crippen LogP contribution in [0.3, 0.4) is 0 Å². The van der Waals surface area contributed by atoms with Crippen molar-refractivity contribution in [1.82, 2.24) is 18.8 Å². The normalized spacial score (nSPS) is 14.9. The number of nitrogens with zero attached hydrogens (tertiary/aromatic N) is 4. The molecule has 212 valence electrons. The Morgan fingerprint density at radius 2 is 1.60 bits per heavy atom. The molecule has 2 aromatic carbocycles. The molecular weight excluding hydrogens is 523 g/mol. The maximum absolute atomic E-state index is 13.9. The molecule has 0 N–H and O–H groups in total. The number of pyridine rings is 1. The number of hydrogen-bond donors (Lipinski definition) is 0. The number of halogens is 1. The third-order valence-corrected chi connectivity index (χ3v) is 9.73. The Balaban J connectivity index is 1.36. The molecule has 0 amide bonds. The Labute approximate surface area is 237 Å². The van der Waals surface area contributed by atoms with Crippen molar-refractivity contribution < 1.29 is 12.8 Å². The van der Waals surface area contributed by atoms with Crippen molar-refractivity contribution in [3.8, 4) is 0 Å². The van der Waals surface area contributed by atoms with Gasteiger partial charge in [-0.25, -0.2) is 17.4 Å². The van der Waals surface area contributed by atoms with E-state index in [4.69, 9.17) is 0 Å². The van der Waals surface area contributed by atoms with E-state index < -0.39 is 16.0 Å². The minimum Gasteiger partial charge on any atom is -0.303 e. The second-order valence-corrected chi connectivity index (χ2v) is 12.7. The van der Waals surface area contributed by atoms with Crippen LogP contribution >= 0.6 is 0 Å². The molecule has 0 bridgehead atoms. The third kappa shape index (κ3) is 6.79. The zero-order valence-electron chi connectivity index (χ0n) is 23.3. The number of unbranched alkanes of at least 4 members (excludes halogenated alkanes) is 1. The summed E-state index contributed by atoms with van der Waals surface area (Å²) in [5.74, 6) is -0.489. The van der Waals surface area contributed by atoms with Crippen LogP contribution in [0, 0.1) is 5.95 Å². The second kappa shape index (κ2) is 13.1. The molecule has 1 fully saturated rings. The molecule has 1 aliphatic carbocycles. The van der Waals surface area contributed by atoms with Crippen LogP contribution in [0.4, 0.5) is 4.39 Å². The molecule has 6 nitrogen and oxygen atoms in total. The van der Waals surface area contributed by atoms with Crippen molar-refractivity contribution in [2.75, 3.05) is 20.1 Å². The standard InChI is InChI=1S/C32H39FN4O2S/c1-35(28-14-4-2-5-15-28)21-10-11-22-36(25-27-13-12-20-32(33)34-27)23-26-24-37(31-19-9-8-18-30(26)31)40(38,39)29-16-6-3-7-17-29/h3,6-9,12-13,16-20,24,28H,2,4-5,10-11,14-15,21-23,25H2,1H3.